The predicted octanol–water partition coefficient (Wildman–Crippen LogP) is 2.98. The Kier molecular flexibility index (Phi) is 5.28. The van der Waals surface area contributed by atoms with E-state index in [0.29, 0.717) is 19.6 Å². The number of nitrogens with zero attached hydrogens (tertiary/aromatic N) is 3. The van der Waals surface area contributed by atoms with Crippen molar-refractivity contribution in [2.75, 3.05) is 20.2 Å². The number of hydrogen-bond donors (Lipinski definition) is 0. The van der Waals surface area contributed by atoms with Gasteiger partial charge in [0.2, 0.25) is 5.91 Å². The van der Waals surface area contributed by atoms with Gasteiger partial charge < -0.3 is 14.2 Å². The summed E-state index contributed by atoms with van der Waals surface area (Å²) in [4.78, 5) is 19.2. The summed E-state index contributed by atoms with van der Waals surface area (Å²) in [6, 6.07) is 8.05. The van der Waals surface area contributed by atoms with E-state index in [2.05, 4.69) is 15.6 Å². The van der Waals surface area contributed by atoms with Crippen LogP contribution in [0.3, 0.4) is 0 Å². The Hall–Kier alpha value is -1.88. The zero-order valence-corrected chi connectivity index (χ0v) is 13.8. The smallest absolute Gasteiger partial charge is 0.224 e. The Labute approximate surface area is 137 Å². The van der Waals surface area contributed by atoms with Gasteiger partial charge >= 0.3 is 0 Å². The summed E-state index contributed by atoms with van der Waals surface area (Å²) in [5.41, 5.74) is 2.03. The largest absolute Gasteiger partial charge is 0.377 e. The molecule has 0 N–H and O–H groups in total. The van der Waals surface area contributed by atoms with Gasteiger partial charge in [0.25, 0.3) is 0 Å². The molecule has 5 nitrogen and oxygen atoms in total. The molecule has 0 saturated carbocycles. The van der Waals surface area contributed by atoms with Gasteiger partial charge in [-0.15, -0.1) is 0 Å². The molecule has 1 aromatic carbocycles. The molecule has 1 fully saturated rings. The lowest BCUT2D eigenvalue weighted by Crippen LogP contribution is -2.32. The molecule has 3 rings (SSSR count). The van der Waals surface area contributed by atoms with Crippen LogP contribution in [0.15, 0.2) is 24.3 Å². The van der Waals surface area contributed by atoms with Crippen LogP contribution >= 0.6 is 0 Å². The first-order valence-electron chi connectivity index (χ1n) is 8.50. The van der Waals surface area contributed by atoms with E-state index in [9.17, 15) is 4.79 Å². The average Bonchev–Trinajstić information content (AvgIpc) is 2.74. The van der Waals surface area contributed by atoms with Gasteiger partial charge in [0.1, 0.15) is 12.4 Å². The minimum atomic E-state index is 0.257. The van der Waals surface area contributed by atoms with Crippen LogP contribution in [0, 0.1) is 0 Å². The van der Waals surface area contributed by atoms with E-state index in [1.165, 1.54) is 12.8 Å². The van der Waals surface area contributed by atoms with Crippen LogP contribution in [0.25, 0.3) is 11.0 Å². The summed E-state index contributed by atoms with van der Waals surface area (Å²) in [7, 11) is 1.67. The minimum Gasteiger partial charge on any atom is -0.377 e. The molecule has 0 aliphatic carbocycles. The third-order valence-corrected chi connectivity index (χ3v) is 4.52. The molecule has 2 aromatic rings. The van der Waals surface area contributed by atoms with Gasteiger partial charge in [0.15, 0.2) is 0 Å². The second-order valence-electron chi connectivity index (χ2n) is 6.15. The first-order valence-corrected chi connectivity index (χ1v) is 8.50. The molecule has 1 aliphatic heterocycles. The molecule has 1 amide bonds. The molecule has 0 unspecified atom stereocenters. The molecule has 23 heavy (non-hydrogen) atoms. The number of benzene rings is 1. The molecule has 5 heteroatoms. The second-order valence-corrected chi connectivity index (χ2v) is 6.15. The minimum absolute atomic E-state index is 0.257. The summed E-state index contributed by atoms with van der Waals surface area (Å²) in [5, 5.41) is 0. The number of ether oxygens (including phenoxy) is 1. The van der Waals surface area contributed by atoms with Gasteiger partial charge in [0.05, 0.1) is 11.0 Å². The molecular weight excluding hydrogens is 290 g/mol. The van der Waals surface area contributed by atoms with Crippen LogP contribution in [-0.4, -0.2) is 40.6 Å². The van der Waals surface area contributed by atoms with Crippen LogP contribution in [0.4, 0.5) is 0 Å². The van der Waals surface area contributed by atoms with E-state index in [1.54, 1.807) is 7.11 Å². The van der Waals surface area contributed by atoms with Crippen molar-refractivity contribution in [3.05, 3.63) is 30.1 Å². The normalized spacial score (nSPS) is 15.8. The van der Waals surface area contributed by atoms with E-state index < -0.39 is 0 Å². The van der Waals surface area contributed by atoms with Crippen LogP contribution in [0.2, 0.25) is 0 Å². The quantitative estimate of drug-likeness (QED) is 0.852. The fraction of sp³-hybridized carbons (Fsp3) is 0.556. The zero-order valence-electron chi connectivity index (χ0n) is 13.8. The van der Waals surface area contributed by atoms with Crippen molar-refractivity contribution in [2.24, 2.45) is 0 Å². The predicted molar refractivity (Wildman–Crippen MR) is 90.1 cm³/mol. The maximum Gasteiger partial charge on any atom is 0.224 e. The van der Waals surface area contributed by atoms with E-state index >= 15 is 0 Å². The maximum absolute atomic E-state index is 12.5. The number of methoxy groups -OCH3 is 1. The number of rotatable bonds is 5. The number of aromatic nitrogens is 2. The van der Waals surface area contributed by atoms with Crippen LogP contribution in [0.5, 0.6) is 0 Å². The Morgan fingerprint density at radius 3 is 2.65 bits per heavy atom. The van der Waals surface area contributed by atoms with E-state index in [-0.39, 0.29) is 5.91 Å². The number of amides is 1. The Bertz CT molecular complexity index is 657. The van der Waals surface area contributed by atoms with Gasteiger partial charge in [-0.2, -0.15) is 0 Å². The van der Waals surface area contributed by atoms with Crippen molar-refractivity contribution in [1.29, 1.82) is 0 Å². The van der Waals surface area contributed by atoms with Gasteiger partial charge in [-0.05, 0) is 25.0 Å². The van der Waals surface area contributed by atoms with Crippen molar-refractivity contribution in [3.63, 3.8) is 0 Å². The standard InChI is InChI=1S/C18H25N3O2/c1-23-14-17-19-15-8-4-5-9-16(15)21(17)13-10-18(22)20-11-6-2-3-7-12-20/h4-5,8-9H,2-3,6-7,10-14H2,1H3. The van der Waals surface area contributed by atoms with E-state index in [4.69, 9.17) is 4.74 Å². The first kappa shape index (κ1) is 16.0. The summed E-state index contributed by atoms with van der Waals surface area (Å²) in [6.07, 6.45) is 5.28. The molecular formula is C18H25N3O2. The Balaban J connectivity index is 1.72. The van der Waals surface area contributed by atoms with Crippen LogP contribution in [-0.2, 0) is 22.7 Å². The van der Waals surface area contributed by atoms with Gasteiger partial charge in [-0.3, -0.25) is 4.79 Å². The van der Waals surface area contributed by atoms with Crippen molar-refractivity contribution < 1.29 is 9.53 Å². The average molecular weight is 315 g/mol. The van der Waals surface area contributed by atoms with Crippen molar-refractivity contribution in [3.8, 4) is 0 Å². The fourth-order valence-electron chi connectivity index (χ4n) is 3.30. The molecule has 1 aliphatic rings. The lowest BCUT2D eigenvalue weighted by atomic mass is 10.2. The highest BCUT2D eigenvalue weighted by Gasteiger charge is 2.17. The number of imidazole rings is 1. The number of fused-ring (bicyclic) bond motifs is 1. The number of carbonyl (C=O) groups is 1. The summed E-state index contributed by atoms with van der Waals surface area (Å²) < 4.78 is 7.38. The summed E-state index contributed by atoms with van der Waals surface area (Å²) in [5.74, 6) is 1.14. The Morgan fingerprint density at radius 1 is 1.17 bits per heavy atom. The number of para-hydroxylation sites is 2. The van der Waals surface area contributed by atoms with Crippen molar-refractivity contribution in [1.82, 2.24) is 14.5 Å². The lowest BCUT2D eigenvalue weighted by Gasteiger charge is -2.20. The molecule has 1 saturated heterocycles. The highest BCUT2D eigenvalue weighted by molar-refractivity contribution is 5.78. The third kappa shape index (κ3) is 3.72. The number of carbonyl (C=O) groups excluding carboxylic acids is 1. The zero-order chi connectivity index (χ0) is 16.1. The van der Waals surface area contributed by atoms with Crippen LogP contribution in [0.1, 0.15) is 37.9 Å². The van der Waals surface area contributed by atoms with Crippen molar-refractivity contribution in [2.45, 2.75) is 45.3 Å². The van der Waals surface area contributed by atoms with Gasteiger partial charge in [-0.1, -0.05) is 25.0 Å². The Morgan fingerprint density at radius 2 is 1.91 bits per heavy atom. The fourth-order valence-corrected chi connectivity index (χ4v) is 3.30. The molecule has 0 atom stereocenters. The number of hydrogen-bond acceptors (Lipinski definition) is 3. The first-order chi connectivity index (χ1) is 11.3. The molecule has 1 aromatic heterocycles. The maximum atomic E-state index is 12.5. The summed E-state index contributed by atoms with van der Waals surface area (Å²) >= 11 is 0. The molecule has 0 bridgehead atoms. The van der Waals surface area contributed by atoms with Gasteiger partial charge in [0, 0.05) is 33.2 Å². The monoisotopic (exact) mass is 315 g/mol. The van der Waals surface area contributed by atoms with Crippen molar-refractivity contribution >= 4 is 16.9 Å². The SMILES string of the molecule is COCc1nc2ccccc2n1CCC(=O)N1CCCCCC1. The topological polar surface area (TPSA) is 47.4 Å². The van der Waals surface area contributed by atoms with Crippen LogP contribution < -0.4 is 0 Å². The molecule has 2 heterocycles. The molecule has 124 valence electrons. The van der Waals surface area contributed by atoms with Gasteiger partial charge in [-0.25, -0.2) is 4.98 Å². The second kappa shape index (κ2) is 7.59. The molecule has 0 spiro atoms. The lowest BCUT2D eigenvalue weighted by molar-refractivity contribution is -0.131. The number of likely N-dealkylation sites (tertiary alicyclic amines) is 1. The highest BCUT2D eigenvalue weighted by atomic mass is 16.5. The summed E-state index contributed by atoms with van der Waals surface area (Å²) in [6.45, 7) is 2.95. The van der Waals surface area contributed by atoms with E-state index in [0.717, 1.165) is 42.8 Å². The number of aryl methyl sites for hydroxylation is 1. The van der Waals surface area contributed by atoms with E-state index in [1.807, 2.05) is 23.1 Å². The molecule has 0 radical (unpaired) electrons. The highest BCUT2D eigenvalue weighted by Crippen LogP contribution is 2.18. The third-order valence-electron chi connectivity index (χ3n) is 4.52.